The number of unbranched alkanes of at least 4 members (excludes halogenated alkanes) is 7. The van der Waals surface area contributed by atoms with Gasteiger partial charge in [0.15, 0.2) is 6.61 Å². The SMILES string of the molecule is Br.CCCCCCCCCCOc1ccc(OCC(=O)Nc2cccc(CN3CSC=C3C)c2)cc1C(C)(C)C. The Morgan fingerprint density at radius 3 is 2.38 bits per heavy atom. The summed E-state index contributed by atoms with van der Waals surface area (Å²) in [7, 11) is 0. The highest BCUT2D eigenvalue weighted by Gasteiger charge is 2.20. The molecule has 1 amide bonds. The zero-order valence-electron chi connectivity index (χ0n) is 25.1. The van der Waals surface area contributed by atoms with Gasteiger partial charge in [0, 0.05) is 23.5 Å². The predicted octanol–water partition coefficient (Wildman–Crippen LogP) is 9.47. The molecule has 0 saturated heterocycles. The lowest BCUT2D eigenvalue weighted by molar-refractivity contribution is -0.118. The van der Waals surface area contributed by atoms with Crippen LogP contribution in [0.5, 0.6) is 11.5 Å². The molecule has 0 saturated carbocycles. The Kier molecular flexibility index (Phi) is 15.0. The monoisotopic (exact) mass is 632 g/mol. The molecule has 3 rings (SSSR count). The molecular formula is C33H49BrN2O3S. The number of hydrogen-bond donors (Lipinski definition) is 1. The minimum absolute atomic E-state index is 0. The van der Waals surface area contributed by atoms with Gasteiger partial charge in [-0.2, -0.15) is 0 Å². The van der Waals surface area contributed by atoms with Crippen LogP contribution in [0.3, 0.4) is 0 Å². The second-order valence-electron chi connectivity index (χ2n) is 11.5. The van der Waals surface area contributed by atoms with Gasteiger partial charge in [-0.1, -0.05) is 84.8 Å². The first-order valence-electron chi connectivity index (χ1n) is 14.6. The van der Waals surface area contributed by atoms with Crippen molar-refractivity contribution in [1.82, 2.24) is 4.90 Å². The molecule has 0 spiro atoms. The van der Waals surface area contributed by atoms with Crippen molar-refractivity contribution in [2.45, 2.75) is 97.9 Å². The Labute approximate surface area is 257 Å². The smallest absolute Gasteiger partial charge is 0.262 e. The van der Waals surface area contributed by atoms with Crippen LogP contribution in [0.4, 0.5) is 5.69 Å². The minimum atomic E-state index is -0.174. The summed E-state index contributed by atoms with van der Waals surface area (Å²) >= 11 is 1.81. The van der Waals surface area contributed by atoms with Crippen LogP contribution >= 0.6 is 28.7 Å². The number of allylic oxidation sites excluding steroid dienone is 1. The number of halogens is 1. The van der Waals surface area contributed by atoms with E-state index in [0.29, 0.717) is 5.75 Å². The van der Waals surface area contributed by atoms with Crippen molar-refractivity contribution >= 4 is 40.3 Å². The van der Waals surface area contributed by atoms with Gasteiger partial charge in [-0.3, -0.25) is 4.79 Å². The van der Waals surface area contributed by atoms with E-state index in [1.807, 2.05) is 48.2 Å². The normalized spacial score (nSPS) is 13.0. The molecule has 1 heterocycles. The number of nitrogens with zero attached hydrogens (tertiary/aromatic N) is 1. The maximum absolute atomic E-state index is 12.7. The molecule has 2 aromatic rings. The molecule has 0 bridgehead atoms. The van der Waals surface area contributed by atoms with Crippen molar-refractivity contribution in [2.24, 2.45) is 0 Å². The first-order valence-corrected chi connectivity index (χ1v) is 15.6. The van der Waals surface area contributed by atoms with Crippen LogP contribution in [0.1, 0.15) is 97.1 Å². The highest BCUT2D eigenvalue weighted by Crippen LogP contribution is 2.34. The maximum Gasteiger partial charge on any atom is 0.262 e. The molecule has 1 N–H and O–H groups in total. The highest BCUT2D eigenvalue weighted by atomic mass is 79.9. The molecule has 0 aliphatic carbocycles. The largest absolute Gasteiger partial charge is 0.493 e. The number of amides is 1. The van der Waals surface area contributed by atoms with Crippen molar-refractivity contribution in [2.75, 3.05) is 24.4 Å². The molecule has 40 heavy (non-hydrogen) atoms. The molecule has 0 fully saturated rings. The summed E-state index contributed by atoms with van der Waals surface area (Å²) in [5, 5.41) is 5.16. The minimum Gasteiger partial charge on any atom is -0.493 e. The van der Waals surface area contributed by atoms with Gasteiger partial charge in [0.2, 0.25) is 0 Å². The molecule has 0 radical (unpaired) electrons. The van der Waals surface area contributed by atoms with E-state index in [1.165, 1.54) is 56.2 Å². The van der Waals surface area contributed by atoms with Crippen LogP contribution < -0.4 is 14.8 Å². The van der Waals surface area contributed by atoms with Gasteiger partial charge in [-0.25, -0.2) is 0 Å². The number of nitrogens with one attached hydrogen (secondary N) is 1. The summed E-state index contributed by atoms with van der Waals surface area (Å²) in [6, 6.07) is 13.9. The van der Waals surface area contributed by atoms with Gasteiger partial charge in [-0.15, -0.1) is 28.7 Å². The molecule has 0 atom stereocenters. The Morgan fingerprint density at radius 2 is 1.70 bits per heavy atom. The summed E-state index contributed by atoms with van der Waals surface area (Å²) in [4.78, 5) is 15.0. The summed E-state index contributed by atoms with van der Waals surface area (Å²) < 4.78 is 12.1. The number of rotatable bonds is 16. The van der Waals surface area contributed by atoms with E-state index in [1.54, 1.807) is 0 Å². The number of thioether (sulfide) groups is 1. The van der Waals surface area contributed by atoms with Crippen molar-refractivity contribution in [1.29, 1.82) is 0 Å². The Balaban J connectivity index is 0.00000560. The third kappa shape index (κ3) is 11.8. The fourth-order valence-corrected chi connectivity index (χ4v) is 5.58. The topological polar surface area (TPSA) is 50.8 Å². The van der Waals surface area contributed by atoms with Crippen LogP contribution in [0.2, 0.25) is 0 Å². The van der Waals surface area contributed by atoms with E-state index in [-0.39, 0.29) is 34.9 Å². The van der Waals surface area contributed by atoms with Crippen molar-refractivity contribution < 1.29 is 14.3 Å². The van der Waals surface area contributed by atoms with Gasteiger partial charge in [0.25, 0.3) is 5.91 Å². The molecule has 222 valence electrons. The summed E-state index contributed by atoms with van der Waals surface area (Å²) in [5.41, 5.74) is 4.23. The van der Waals surface area contributed by atoms with Gasteiger partial charge in [0.1, 0.15) is 11.5 Å². The van der Waals surface area contributed by atoms with E-state index in [2.05, 4.69) is 56.3 Å². The lowest BCUT2D eigenvalue weighted by Crippen LogP contribution is -2.21. The lowest BCUT2D eigenvalue weighted by atomic mass is 9.86. The summed E-state index contributed by atoms with van der Waals surface area (Å²) in [5.74, 6) is 2.38. The van der Waals surface area contributed by atoms with Crippen molar-refractivity contribution in [3.05, 3.63) is 64.7 Å². The summed E-state index contributed by atoms with van der Waals surface area (Å²) in [6.07, 6.45) is 10.3. The number of carbonyl (C=O) groups excluding carboxylic acids is 1. The van der Waals surface area contributed by atoms with E-state index in [9.17, 15) is 4.79 Å². The number of ether oxygens (including phenoxy) is 2. The quantitative estimate of drug-likeness (QED) is 0.187. The number of benzene rings is 2. The lowest BCUT2D eigenvalue weighted by Gasteiger charge is -2.24. The Morgan fingerprint density at radius 1 is 0.975 bits per heavy atom. The maximum atomic E-state index is 12.7. The highest BCUT2D eigenvalue weighted by molar-refractivity contribution is 8.93. The first-order chi connectivity index (χ1) is 18.8. The van der Waals surface area contributed by atoms with E-state index in [4.69, 9.17) is 9.47 Å². The van der Waals surface area contributed by atoms with Crippen LogP contribution in [-0.4, -0.2) is 29.9 Å². The van der Waals surface area contributed by atoms with Crippen LogP contribution in [-0.2, 0) is 16.8 Å². The van der Waals surface area contributed by atoms with E-state index in [0.717, 1.165) is 42.4 Å². The number of hydrogen-bond acceptors (Lipinski definition) is 5. The Bertz CT molecular complexity index is 1080. The van der Waals surface area contributed by atoms with Gasteiger partial charge >= 0.3 is 0 Å². The second-order valence-corrected chi connectivity index (χ2v) is 12.3. The third-order valence-corrected chi connectivity index (χ3v) is 7.92. The number of anilines is 1. The summed E-state index contributed by atoms with van der Waals surface area (Å²) in [6.45, 7) is 12.4. The van der Waals surface area contributed by atoms with Crippen LogP contribution in [0, 0.1) is 0 Å². The molecule has 2 aromatic carbocycles. The zero-order valence-corrected chi connectivity index (χ0v) is 27.6. The fraction of sp³-hybridized carbons (Fsp3) is 0.545. The number of carbonyl (C=O) groups is 1. The second kappa shape index (κ2) is 17.6. The molecule has 1 aliphatic heterocycles. The van der Waals surface area contributed by atoms with E-state index < -0.39 is 0 Å². The molecule has 7 heteroatoms. The molecule has 0 aromatic heterocycles. The third-order valence-electron chi connectivity index (χ3n) is 6.95. The standard InChI is InChI=1S/C33H48N2O3S.BrH/c1-6-7-8-9-10-11-12-13-19-37-31-18-17-29(21-30(31)33(3,4)5)38-23-32(36)34-28-16-14-15-27(20-28)22-35-25-39-24-26(35)2;/h14-18,20-21,24H,6-13,19,22-23,25H2,1-5H3,(H,34,36);1H. The molecule has 1 aliphatic rings. The molecule has 0 unspecified atom stereocenters. The molecular weight excluding hydrogens is 584 g/mol. The van der Waals surface area contributed by atoms with Gasteiger partial charge < -0.3 is 19.7 Å². The fourth-order valence-electron chi connectivity index (χ4n) is 4.64. The van der Waals surface area contributed by atoms with Crippen molar-refractivity contribution in [3.8, 4) is 11.5 Å². The predicted molar refractivity (Wildman–Crippen MR) is 176 cm³/mol. The van der Waals surface area contributed by atoms with Gasteiger partial charge in [0.05, 0.1) is 12.5 Å². The average Bonchev–Trinajstić information content (AvgIpc) is 3.30. The Hall–Kier alpha value is -2.12. The van der Waals surface area contributed by atoms with Crippen molar-refractivity contribution in [3.63, 3.8) is 0 Å². The van der Waals surface area contributed by atoms with Crippen LogP contribution in [0.25, 0.3) is 0 Å². The zero-order chi connectivity index (χ0) is 28.1. The average molecular weight is 634 g/mol. The first kappa shape index (κ1) is 34.1. The van der Waals surface area contributed by atoms with Crippen LogP contribution in [0.15, 0.2) is 53.6 Å². The molecule has 5 nitrogen and oxygen atoms in total. The van der Waals surface area contributed by atoms with Gasteiger partial charge in [-0.05, 0) is 60.1 Å². The van der Waals surface area contributed by atoms with E-state index >= 15 is 0 Å².